The van der Waals surface area contributed by atoms with Crippen LogP contribution in [0.25, 0.3) is 0 Å². The van der Waals surface area contributed by atoms with Crippen molar-refractivity contribution in [1.82, 2.24) is 0 Å². The Hall–Kier alpha value is -0.880. The molecule has 0 saturated carbocycles. The van der Waals surface area contributed by atoms with E-state index in [1.165, 1.54) is 0 Å². The summed E-state index contributed by atoms with van der Waals surface area (Å²) in [5.74, 6) is 0.783. The van der Waals surface area contributed by atoms with Crippen molar-refractivity contribution in [2.45, 2.75) is 26.8 Å². The van der Waals surface area contributed by atoms with E-state index in [1.807, 2.05) is 18.2 Å². The van der Waals surface area contributed by atoms with Crippen molar-refractivity contribution in [2.75, 3.05) is 6.61 Å². The maximum Gasteiger partial charge on any atom is 0.217 e. The molecule has 1 aromatic carbocycles. The summed E-state index contributed by atoms with van der Waals surface area (Å²) in [5.41, 5.74) is 1.25. The standard InChI is InChI=1S/C13H18NOP/c1-13(2,3)11-8-15-12(14-11)9-6-4-5-7-10(9)16/h4-7,11H,8,16H2,1-3H3/t11-/m1/s1. The Balaban J connectivity index is 2.28. The Kier molecular flexibility index (Phi) is 3.03. The molecule has 3 heteroatoms. The van der Waals surface area contributed by atoms with E-state index in [0.717, 1.165) is 16.8 Å². The summed E-state index contributed by atoms with van der Waals surface area (Å²) in [6, 6.07) is 8.39. The maximum atomic E-state index is 5.70. The van der Waals surface area contributed by atoms with Crippen LogP contribution < -0.4 is 5.30 Å². The van der Waals surface area contributed by atoms with E-state index in [2.05, 4.69) is 41.1 Å². The van der Waals surface area contributed by atoms with Gasteiger partial charge in [-0.1, -0.05) is 39.0 Å². The Morgan fingerprint density at radius 3 is 2.56 bits per heavy atom. The molecule has 0 bridgehead atoms. The molecule has 0 radical (unpaired) electrons. The molecule has 1 heterocycles. The van der Waals surface area contributed by atoms with Gasteiger partial charge in [-0.25, -0.2) is 4.99 Å². The molecule has 1 aliphatic heterocycles. The summed E-state index contributed by atoms with van der Waals surface area (Å²) < 4.78 is 5.70. The zero-order valence-corrected chi connectivity index (χ0v) is 11.2. The van der Waals surface area contributed by atoms with Gasteiger partial charge in [0.25, 0.3) is 0 Å². The van der Waals surface area contributed by atoms with Gasteiger partial charge in [-0.2, -0.15) is 0 Å². The number of ether oxygens (including phenoxy) is 1. The number of aliphatic imine (C=N–C) groups is 1. The van der Waals surface area contributed by atoms with Gasteiger partial charge in [0.05, 0.1) is 6.04 Å². The van der Waals surface area contributed by atoms with Crippen LogP contribution in [0.4, 0.5) is 0 Å². The molecule has 0 aliphatic carbocycles. The van der Waals surface area contributed by atoms with Gasteiger partial charge in [0.15, 0.2) is 0 Å². The van der Waals surface area contributed by atoms with Crippen molar-refractivity contribution in [2.24, 2.45) is 10.4 Å². The predicted molar refractivity (Wildman–Crippen MR) is 71.5 cm³/mol. The average Bonchev–Trinajstić information content (AvgIpc) is 2.66. The normalized spacial score (nSPS) is 20.5. The first-order valence-electron chi connectivity index (χ1n) is 5.54. The molecule has 2 rings (SSSR count). The molecule has 16 heavy (non-hydrogen) atoms. The number of rotatable bonds is 1. The second kappa shape index (κ2) is 4.18. The predicted octanol–water partition coefficient (Wildman–Crippen LogP) is 2.38. The van der Waals surface area contributed by atoms with E-state index in [4.69, 9.17) is 4.74 Å². The van der Waals surface area contributed by atoms with Crippen LogP contribution in [0.5, 0.6) is 0 Å². The van der Waals surface area contributed by atoms with E-state index in [9.17, 15) is 0 Å². The van der Waals surface area contributed by atoms with E-state index in [0.29, 0.717) is 6.61 Å². The van der Waals surface area contributed by atoms with E-state index in [1.54, 1.807) is 0 Å². The summed E-state index contributed by atoms with van der Waals surface area (Å²) >= 11 is 0. The summed E-state index contributed by atoms with van der Waals surface area (Å²) in [6.07, 6.45) is 0. The van der Waals surface area contributed by atoms with Crippen molar-refractivity contribution in [3.05, 3.63) is 29.8 Å². The van der Waals surface area contributed by atoms with Crippen LogP contribution in [0, 0.1) is 5.41 Å². The van der Waals surface area contributed by atoms with Gasteiger partial charge in [0, 0.05) is 5.56 Å². The van der Waals surface area contributed by atoms with Crippen molar-refractivity contribution in [3.63, 3.8) is 0 Å². The Morgan fingerprint density at radius 2 is 2.00 bits per heavy atom. The zero-order chi connectivity index (χ0) is 11.8. The Bertz CT molecular complexity index is 420. The van der Waals surface area contributed by atoms with Crippen LogP contribution in [0.15, 0.2) is 29.3 Å². The zero-order valence-electron chi connectivity index (χ0n) is 10.0. The highest BCUT2D eigenvalue weighted by Crippen LogP contribution is 2.27. The van der Waals surface area contributed by atoms with Gasteiger partial charge in [-0.3, -0.25) is 0 Å². The van der Waals surface area contributed by atoms with Gasteiger partial charge in [0.1, 0.15) is 6.61 Å². The highest BCUT2D eigenvalue weighted by molar-refractivity contribution is 7.27. The molecule has 0 fully saturated rings. The molecule has 0 spiro atoms. The van der Waals surface area contributed by atoms with Crippen molar-refractivity contribution >= 4 is 20.4 Å². The SMILES string of the molecule is CC(C)(C)[C@H]1COC(c2ccccc2P)=N1. The van der Waals surface area contributed by atoms with Crippen LogP contribution in [-0.4, -0.2) is 18.5 Å². The minimum atomic E-state index is 0.164. The molecular formula is C13H18NOP. The summed E-state index contributed by atoms with van der Waals surface area (Å²) in [4.78, 5) is 4.67. The van der Waals surface area contributed by atoms with Gasteiger partial charge in [-0.15, -0.1) is 9.24 Å². The number of nitrogens with zero attached hydrogens (tertiary/aromatic N) is 1. The van der Waals surface area contributed by atoms with Crippen LogP contribution >= 0.6 is 9.24 Å². The van der Waals surface area contributed by atoms with Crippen LogP contribution in [0.3, 0.4) is 0 Å². The summed E-state index contributed by atoms with van der Waals surface area (Å²) in [6.45, 7) is 7.28. The van der Waals surface area contributed by atoms with Gasteiger partial charge in [0.2, 0.25) is 5.90 Å². The van der Waals surface area contributed by atoms with Gasteiger partial charge < -0.3 is 4.74 Å². The fourth-order valence-electron chi connectivity index (χ4n) is 1.66. The lowest BCUT2D eigenvalue weighted by molar-refractivity contribution is 0.236. The van der Waals surface area contributed by atoms with Crippen molar-refractivity contribution in [1.29, 1.82) is 0 Å². The first-order valence-corrected chi connectivity index (χ1v) is 6.11. The van der Waals surface area contributed by atoms with E-state index >= 15 is 0 Å². The minimum Gasteiger partial charge on any atom is -0.475 e. The minimum absolute atomic E-state index is 0.164. The van der Waals surface area contributed by atoms with E-state index < -0.39 is 0 Å². The van der Waals surface area contributed by atoms with Gasteiger partial charge in [-0.05, 0) is 16.8 Å². The first kappa shape index (κ1) is 11.6. The first-order chi connectivity index (χ1) is 7.48. The smallest absolute Gasteiger partial charge is 0.217 e. The lowest BCUT2D eigenvalue weighted by Gasteiger charge is -2.21. The van der Waals surface area contributed by atoms with Crippen LogP contribution in [0.1, 0.15) is 26.3 Å². The molecule has 1 aliphatic rings. The van der Waals surface area contributed by atoms with Crippen molar-refractivity contribution < 1.29 is 4.74 Å². The third-order valence-electron chi connectivity index (χ3n) is 2.84. The number of hydrogen-bond donors (Lipinski definition) is 0. The number of benzene rings is 1. The van der Waals surface area contributed by atoms with Crippen LogP contribution in [-0.2, 0) is 4.74 Å². The van der Waals surface area contributed by atoms with Crippen LogP contribution in [0.2, 0.25) is 0 Å². The Labute approximate surface area is 99.3 Å². The fraction of sp³-hybridized carbons (Fsp3) is 0.462. The average molecular weight is 235 g/mol. The highest BCUT2D eigenvalue weighted by Gasteiger charge is 2.30. The maximum absolute atomic E-state index is 5.70. The highest BCUT2D eigenvalue weighted by atomic mass is 31.0. The molecule has 0 aromatic heterocycles. The molecule has 0 N–H and O–H groups in total. The molecule has 86 valence electrons. The third-order valence-corrected chi connectivity index (χ3v) is 3.35. The molecular weight excluding hydrogens is 217 g/mol. The van der Waals surface area contributed by atoms with Crippen molar-refractivity contribution in [3.8, 4) is 0 Å². The second-order valence-electron chi connectivity index (χ2n) is 5.21. The van der Waals surface area contributed by atoms with E-state index in [-0.39, 0.29) is 11.5 Å². The monoisotopic (exact) mass is 235 g/mol. The molecule has 0 saturated heterocycles. The molecule has 1 unspecified atom stereocenters. The molecule has 2 atom stereocenters. The quantitative estimate of drug-likeness (QED) is 0.685. The molecule has 0 amide bonds. The fourth-order valence-corrected chi connectivity index (χ4v) is 1.99. The largest absolute Gasteiger partial charge is 0.475 e. The Morgan fingerprint density at radius 1 is 1.31 bits per heavy atom. The second-order valence-corrected chi connectivity index (χ2v) is 5.84. The number of hydrogen-bond acceptors (Lipinski definition) is 2. The molecule has 2 nitrogen and oxygen atoms in total. The summed E-state index contributed by atoms with van der Waals surface area (Å²) in [7, 11) is 2.72. The third kappa shape index (κ3) is 2.27. The summed E-state index contributed by atoms with van der Waals surface area (Å²) in [5, 5.41) is 1.14. The molecule has 1 aromatic rings. The lowest BCUT2D eigenvalue weighted by Crippen LogP contribution is -2.25. The topological polar surface area (TPSA) is 21.6 Å². The van der Waals surface area contributed by atoms with Gasteiger partial charge >= 0.3 is 0 Å². The lowest BCUT2D eigenvalue weighted by atomic mass is 9.88.